The van der Waals surface area contributed by atoms with Crippen molar-refractivity contribution in [3.05, 3.63) is 42.2 Å². The van der Waals surface area contributed by atoms with Gasteiger partial charge in [-0.3, -0.25) is 5.32 Å². The number of amides is 2. The first-order valence-electron chi connectivity index (χ1n) is 5.22. The van der Waals surface area contributed by atoms with Crippen molar-refractivity contribution in [1.29, 1.82) is 0 Å². The summed E-state index contributed by atoms with van der Waals surface area (Å²) in [7, 11) is 0. The molecule has 0 radical (unpaired) electrons. The molecule has 0 atom stereocenters. The van der Waals surface area contributed by atoms with E-state index < -0.39 is 12.2 Å². The number of urea groups is 1. The zero-order valence-electron chi connectivity index (χ0n) is 10.0. The molecule has 1 heterocycles. The molecule has 2 amide bonds. The van der Waals surface area contributed by atoms with Gasteiger partial charge in [-0.15, -0.1) is 11.3 Å². The average Bonchev–Trinajstić information content (AvgIpc) is 2.76. The molecule has 0 aliphatic rings. The van der Waals surface area contributed by atoms with Crippen LogP contribution < -0.4 is 11.1 Å². The maximum absolute atomic E-state index is 12.7. The summed E-state index contributed by atoms with van der Waals surface area (Å²) in [5.41, 5.74) is 5.91. The summed E-state index contributed by atoms with van der Waals surface area (Å²) in [6.07, 6.45) is -1.83. The minimum absolute atomic E-state index is 0.268. The lowest BCUT2D eigenvalue weighted by Crippen LogP contribution is -2.18. The molecule has 8 heteroatoms. The molecular formula is C12H11FN2O4S. The summed E-state index contributed by atoms with van der Waals surface area (Å²) in [6.45, 7) is 0. The smallest absolute Gasteiger partial charge is 0.450 e. The quantitative estimate of drug-likeness (QED) is 0.681. The molecule has 20 heavy (non-hydrogen) atoms. The van der Waals surface area contributed by atoms with Crippen molar-refractivity contribution >= 4 is 28.5 Å². The normalized spacial score (nSPS) is 9.25. The molecule has 6 nitrogen and oxygen atoms in total. The second-order valence-electron chi connectivity index (χ2n) is 3.44. The highest BCUT2D eigenvalue weighted by atomic mass is 32.1. The Kier molecular flexibility index (Phi) is 5.48. The Balaban J connectivity index is 0.000000444. The van der Waals surface area contributed by atoms with Crippen LogP contribution in [0.15, 0.2) is 36.4 Å². The predicted molar refractivity (Wildman–Crippen MR) is 73.6 cm³/mol. The van der Waals surface area contributed by atoms with Crippen molar-refractivity contribution in [2.75, 3.05) is 5.32 Å². The van der Waals surface area contributed by atoms with Crippen LogP contribution in [0, 0.1) is 5.82 Å². The molecule has 0 saturated carbocycles. The summed E-state index contributed by atoms with van der Waals surface area (Å²) < 4.78 is 12.7. The molecule has 0 unspecified atom stereocenters. The number of nitrogens with two attached hydrogens (primary N) is 1. The van der Waals surface area contributed by atoms with E-state index in [-0.39, 0.29) is 5.82 Å². The van der Waals surface area contributed by atoms with Crippen LogP contribution in [0.25, 0.3) is 10.4 Å². The Bertz CT molecular complexity index is 594. The first-order chi connectivity index (χ1) is 9.38. The van der Waals surface area contributed by atoms with Gasteiger partial charge in [0.2, 0.25) is 0 Å². The largest absolute Gasteiger partial charge is 0.503 e. The standard InChI is InChI=1S/C11H9FN2OS.CH2O3/c12-8-3-1-7(2-4-8)9-5-6-10(16-9)14-11(13)15;2-1(3)4/h1-6H,(H3,13,14,15);(H2,2,3,4). The highest BCUT2D eigenvalue weighted by molar-refractivity contribution is 7.19. The molecule has 2 aromatic rings. The van der Waals surface area contributed by atoms with E-state index in [1.54, 1.807) is 18.2 Å². The average molecular weight is 298 g/mol. The number of hydrogen-bond donors (Lipinski definition) is 4. The fourth-order valence-corrected chi connectivity index (χ4v) is 2.21. The van der Waals surface area contributed by atoms with Crippen LogP contribution in [-0.4, -0.2) is 22.4 Å². The van der Waals surface area contributed by atoms with Crippen molar-refractivity contribution < 1.29 is 24.2 Å². The fraction of sp³-hybridized carbons (Fsp3) is 0. The molecule has 0 fully saturated rings. The topological polar surface area (TPSA) is 113 Å². The van der Waals surface area contributed by atoms with Crippen LogP contribution in [-0.2, 0) is 0 Å². The number of benzene rings is 1. The van der Waals surface area contributed by atoms with Crippen molar-refractivity contribution in [2.45, 2.75) is 0 Å². The number of carbonyl (C=O) groups excluding carboxylic acids is 1. The molecule has 0 spiro atoms. The zero-order valence-corrected chi connectivity index (χ0v) is 10.9. The minimum Gasteiger partial charge on any atom is -0.450 e. The number of halogens is 1. The Morgan fingerprint density at radius 1 is 1.10 bits per heavy atom. The van der Waals surface area contributed by atoms with Gasteiger partial charge in [-0.1, -0.05) is 12.1 Å². The Morgan fingerprint density at radius 3 is 2.15 bits per heavy atom. The van der Waals surface area contributed by atoms with E-state index in [4.69, 9.17) is 20.7 Å². The molecule has 1 aromatic heterocycles. The lowest BCUT2D eigenvalue weighted by molar-refractivity contribution is 0.137. The van der Waals surface area contributed by atoms with E-state index in [0.29, 0.717) is 5.00 Å². The molecule has 0 aliphatic heterocycles. The monoisotopic (exact) mass is 298 g/mol. The van der Waals surface area contributed by atoms with E-state index in [0.717, 1.165) is 10.4 Å². The van der Waals surface area contributed by atoms with Crippen molar-refractivity contribution in [3.8, 4) is 10.4 Å². The predicted octanol–water partition coefficient (Wildman–Crippen LogP) is 3.27. The highest BCUT2D eigenvalue weighted by Gasteiger charge is 2.04. The fourth-order valence-electron chi connectivity index (χ4n) is 1.30. The third kappa shape index (κ3) is 5.36. The third-order valence-electron chi connectivity index (χ3n) is 1.98. The van der Waals surface area contributed by atoms with Crippen LogP contribution in [0.2, 0.25) is 0 Å². The van der Waals surface area contributed by atoms with Crippen molar-refractivity contribution in [2.24, 2.45) is 5.73 Å². The summed E-state index contributed by atoms with van der Waals surface area (Å²) in [5, 5.41) is 17.1. The first-order valence-corrected chi connectivity index (χ1v) is 6.04. The van der Waals surface area contributed by atoms with Gasteiger partial charge in [0.15, 0.2) is 0 Å². The molecule has 0 saturated heterocycles. The minimum atomic E-state index is -1.83. The number of anilines is 1. The van der Waals surface area contributed by atoms with Crippen LogP contribution in [0.1, 0.15) is 0 Å². The second kappa shape index (κ2) is 7.10. The van der Waals surface area contributed by atoms with E-state index in [1.807, 2.05) is 6.07 Å². The van der Waals surface area contributed by atoms with Crippen LogP contribution in [0.4, 0.5) is 19.0 Å². The number of carboxylic acid groups (broad SMARTS) is 2. The third-order valence-corrected chi connectivity index (χ3v) is 3.03. The van der Waals surface area contributed by atoms with Gasteiger partial charge in [0.25, 0.3) is 0 Å². The Morgan fingerprint density at radius 2 is 1.65 bits per heavy atom. The molecule has 2 rings (SSSR count). The van der Waals surface area contributed by atoms with Crippen LogP contribution in [0.3, 0.4) is 0 Å². The zero-order chi connectivity index (χ0) is 15.1. The lowest BCUT2D eigenvalue weighted by Gasteiger charge is -1.97. The van der Waals surface area contributed by atoms with E-state index >= 15 is 0 Å². The number of primary amides is 1. The molecular weight excluding hydrogens is 287 g/mol. The van der Waals surface area contributed by atoms with Gasteiger partial charge >= 0.3 is 12.2 Å². The number of nitrogens with one attached hydrogen (secondary N) is 1. The summed E-state index contributed by atoms with van der Waals surface area (Å²) in [6, 6.07) is 9.20. The number of carbonyl (C=O) groups is 2. The lowest BCUT2D eigenvalue weighted by atomic mass is 10.2. The maximum Gasteiger partial charge on any atom is 0.503 e. The Labute approximate surface area is 117 Å². The molecule has 106 valence electrons. The molecule has 0 bridgehead atoms. The van der Waals surface area contributed by atoms with Gasteiger partial charge in [-0.2, -0.15) is 0 Å². The SMILES string of the molecule is NC(=O)Nc1ccc(-c2ccc(F)cc2)s1.O=C(O)O. The van der Waals surface area contributed by atoms with Gasteiger partial charge in [0.05, 0.1) is 5.00 Å². The highest BCUT2D eigenvalue weighted by Crippen LogP contribution is 2.31. The number of hydrogen-bond acceptors (Lipinski definition) is 3. The Hall–Kier alpha value is -2.61. The second-order valence-corrected chi connectivity index (χ2v) is 4.53. The molecule has 0 aliphatic carbocycles. The van der Waals surface area contributed by atoms with Gasteiger partial charge in [0, 0.05) is 4.88 Å². The van der Waals surface area contributed by atoms with Crippen LogP contribution >= 0.6 is 11.3 Å². The van der Waals surface area contributed by atoms with Crippen LogP contribution in [0.5, 0.6) is 0 Å². The van der Waals surface area contributed by atoms with E-state index in [2.05, 4.69) is 5.32 Å². The van der Waals surface area contributed by atoms with E-state index in [9.17, 15) is 9.18 Å². The molecule has 5 N–H and O–H groups in total. The number of rotatable bonds is 2. The van der Waals surface area contributed by atoms with Gasteiger partial charge in [0.1, 0.15) is 5.82 Å². The molecule has 1 aromatic carbocycles. The van der Waals surface area contributed by atoms with Gasteiger partial charge < -0.3 is 15.9 Å². The van der Waals surface area contributed by atoms with Crippen molar-refractivity contribution in [3.63, 3.8) is 0 Å². The summed E-state index contributed by atoms with van der Waals surface area (Å²) >= 11 is 1.39. The first kappa shape index (κ1) is 15.4. The maximum atomic E-state index is 12.7. The summed E-state index contributed by atoms with van der Waals surface area (Å²) in [4.78, 5) is 20.1. The number of thiophene rings is 1. The van der Waals surface area contributed by atoms with Gasteiger partial charge in [-0.25, -0.2) is 14.0 Å². The van der Waals surface area contributed by atoms with E-state index in [1.165, 1.54) is 23.5 Å². The van der Waals surface area contributed by atoms with Gasteiger partial charge in [-0.05, 0) is 29.8 Å². The van der Waals surface area contributed by atoms with Crippen molar-refractivity contribution in [1.82, 2.24) is 0 Å². The summed E-state index contributed by atoms with van der Waals surface area (Å²) in [5.74, 6) is -0.268.